The fraction of sp³-hybridized carbons (Fsp3) is 0.857. The van der Waals surface area contributed by atoms with Crippen molar-refractivity contribution in [3.63, 3.8) is 0 Å². The molecule has 5 heteroatoms. The molecule has 3 unspecified atom stereocenters. The van der Waals surface area contributed by atoms with Gasteiger partial charge in [0.15, 0.2) is 12.6 Å². The minimum Gasteiger partial charge on any atom is -0.375 e. The Bertz CT molecular complexity index is 279. The van der Waals surface area contributed by atoms with E-state index in [2.05, 4.69) is 11.8 Å². The third-order valence-corrected chi connectivity index (χ3v) is 2.15. The molecule has 0 fully saturated rings. The fourth-order valence-electron chi connectivity index (χ4n) is 1.27. The average Bonchev–Trinajstić information content (AvgIpc) is 2.33. The zero-order valence-corrected chi connectivity index (χ0v) is 12.6. The van der Waals surface area contributed by atoms with Gasteiger partial charge in [0, 0.05) is 13.2 Å². The lowest BCUT2D eigenvalue weighted by Crippen LogP contribution is -2.31. The predicted octanol–water partition coefficient (Wildman–Crippen LogP) is 1.54. The predicted molar refractivity (Wildman–Crippen MR) is 72.5 cm³/mol. The van der Waals surface area contributed by atoms with Gasteiger partial charge in [0.05, 0.1) is 6.61 Å². The van der Waals surface area contributed by atoms with Crippen LogP contribution in [-0.4, -0.2) is 49.7 Å². The second-order valence-electron chi connectivity index (χ2n) is 4.24. The molecule has 0 aliphatic rings. The molecule has 0 spiro atoms. The van der Waals surface area contributed by atoms with Crippen LogP contribution in [0.25, 0.3) is 0 Å². The maximum Gasteiger partial charge on any atom is 0.156 e. The van der Waals surface area contributed by atoms with Crippen LogP contribution < -0.4 is 0 Å². The molecule has 19 heavy (non-hydrogen) atoms. The van der Waals surface area contributed by atoms with Crippen molar-refractivity contribution in [2.45, 2.75) is 52.8 Å². The Labute approximate surface area is 116 Å². The van der Waals surface area contributed by atoms with E-state index in [9.17, 15) is 5.11 Å². The summed E-state index contributed by atoms with van der Waals surface area (Å²) in [6.45, 7) is 10.4. The van der Waals surface area contributed by atoms with Crippen molar-refractivity contribution in [3.8, 4) is 11.8 Å². The van der Waals surface area contributed by atoms with E-state index in [4.69, 9.17) is 18.9 Å². The lowest BCUT2D eigenvalue weighted by atomic mass is 10.1. The minimum absolute atomic E-state index is 0.0855. The summed E-state index contributed by atoms with van der Waals surface area (Å²) in [6.07, 6.45) is -0.647. The molecule has 0 heterocycles. The van der Waals surface area contributed by atoms with Gasteiger partial charge in [-0.3, -0.25) is 0 Å². The maximum atomic E-state index is 9.96. The summed E-state index contributed by atoms with van der Waals surface area (Å²) < 4.78 is 21.0. The van der Waals surface area contributed by atoms with Crippen LogP contribution in [0.2, 0.25) is 0 Å². The molecule has 0 rings (SSSR count). The van der Waals surface area contributed by atoms with E-state index >= 15 is 0 Å². The number of aliphatic hydroxyl groups is 1. The second-order valence-corrected chi connectivity index (χ2v) is 4.24. The van der Waals surface area contributed by atoms with Crippen LogP contribution in [0.1, 0.15) is 34.6 Å². The Kier molecular flexibility index (Phi) is 9.84. The molecule has 3 atom stereocenters. The van der Waals surface area contributed by atoms with Gasteiger partial charge in [0.1, 0.15) is 12.2 Å². The first-order chi connectivity index (χ1) is 8.91. The molecule has 0 radical (unpaired) electrons. The van der Waals surface area contributed by atoms with Gasteiger partial charge in [-0.2, -0.15) is 0 Å². The third kappa shape index (κ3) is 10.9. The molecule has 5 nitrogen and oxygen atoms in total. The zero-order valence-electron chi connectivity index (χ0n) is 12.6. The Hall–Kier alpha value is -0.640. The highest BCUT2D eigenvalue weighted by molar-refractivity contribution is 5.12. The summed E-state index contributed by atoms with van der Waals surface area (Å²) in [5.74, 6) is 5.45. The van der Waals surface area contributed by atoms with Crippen LogP contribution >= 0.6 is 0 Å². The molecule has 1 N–H and O–H groups in total. The van der Waals surface area contributed by atoms with Gasteiger partial charge in [-0.05, 0) is 34.6 Å². The normalized spacial score (nSPS) is 17.2. The van der Waals surface area contributed by atoms with Crippen molar-refractivity contribution in [1.29, 1.82) is 0 Å². The standard InChI is InChI=1S/C14H26O5/c1-6-16-12(3)18-10-8-9-14(5,15)11-19-13(4)17-7-2/h12-13,15H,6-7,10-11H2,1-5H3. The Morgan fingerprint density at radius 1 is 1.00 bits per heavy atom. The largest absolute Gasteiger partial charge is 0.375 e. The number of hydrogen-bond donors (Lipinski definition) is 1. The van der Waals surface area contributed by atoms with Crippen LogP contribution in [0, 0.1) is 11.8 Å². The van der Waals surface area contributed by atoms with E-state index in [1.54, 1.807) is 20.8 Å². The van der Waals surface area contributed by atoms with Crippen molar-refractivity contribution in [2.24, 2.45) is 0 Å². The Morgan fingerprint density at radius 2 is 1.53 bits per heavy atom. The molecular formula is C14H26O5. The van der Waals surface area contributed by atoms with Gasteiger partial charge < -0.3 is 24.1 Å². The number of ether oxygens (including phenoxy) is 4. The average molecular weight is 274 g/mol. The van der Waals surface area contributed by atoms with Crippen LogP contribution in [0.4, 0.5) is 0 Å². The van der Waals surface area contributed by atoms with E-state index in [-0.39, 0.29) is 25.8 Å². The Balaban J connectivity index is 3.94. The lowest BCUT2D eigenvalue weighted by Gasteiger charge is -2.20. The topological polar surface area (TPSA) is 57.2 Å². The van der Waals surface area contributed by atoms with Gasteiger partial charge in [0.2, 0.25) is 0 Å². The second kappa shape index (κ2) is 10.2. The van der Waals surface area contributed by atoms with E-state index in [1.165, 1.54) is 0 Å². The van der Waals surface area contributed by atoms with E-state index in [0.717, 1.165) is 0 Å². The summed E-state index contributed by atoms with van der Waals surface area (Å²) in [5.41, 5.74) is -1.22. The van der Waals surface area contributed by atoms with Crippen molar-refractivity contribution in [1.82, 2.24) is 0 Å². The van der Waals surface area contributed by atoms with Crippen molar-refractivity contribution in [3.05, 3.63) is 0 Å². The highest BCUT2D eigenvalue weighted by atomic mass is 16.7. The third-order valence-electron chi connectivity index (χ3n) is 2.15. The summed E-state index contributed by atoms with van der Waals surface area (Å²) in [7, 11) is 0. The molecule has 112 valence electrons. The molecule has 0 aromatic rings. The van der Waals surface area contributed by atoms with Crippen molar-refractivity contribution in [2.75, 3.05) is 26.4 Å². The van der Waals surface area contributed by atoms with Gasteiger partial charge in [-0.1, -0.05) is 11.8 Å². The molecular weight excluding hydrogens is 248 g/mol. The Morgan fingerprint density at radius 3 is 2.05 bits per heavy atom. The summed E-state index contributed by atoms with van der Waals surface area (Å²) in [5, 5.41) is 9.96. The fourth-order valence-corrected chi connectivity index (χ4v) is 1.27. The SMILES string of the molecule is CCOC(C)OCC#CC(C)(O)COC(C)OCC. The quantitative estimate of drug-likeness (QED) is 0.510. The van der Waals surface area contributed by atoms with Crippen LogP contribution in [0.5, 0.6) is 0 Å². The smallest absolute Gasteiger partial charge is 0.156 e. The van der Waals surface area contributed by atoms with Crippen molar-refractivity contribution >= 4 is 0 Å². The maximum absolute atomic E-state index is 9.96. The summed E-state index contributed by atoms with van der Waals surface area (Å²) in [6, 6.07) is 0. The molecule has 0 bridgehead atoms. The molecule has 0 aromatic carbocycles. The van der Waals surface area contributed by atoms with E-state index in [0.29, 0.717) is 13.2 Å². The molecule has 0 aliphatic carbocycles. The van der Waals surface area contributed by atoms with Gasteiger partial charge >= 0.3 is 0 Å². The van der Waals surface area contributed by atoms with E-state index < -0.39 is 5.60 Å². The summed E-state index contributed by atoms with van der Waals surface area (Å²) >= 11 is 0. The van der Waals surface area contributed by atoms with Crippen LogP contribution in [0.3, 0.4) is 0 Å². The number of hydrogen-bond acceptors (Lipinski definition) is 5. The summed E-state index contributed by atoms with van der Waals surface area (Å²) in [4.78, 5) is 0. The first-order valence-corrected chi connectivity index (χ1v) is 6.60. The molecule has 0 aliphatic heterocycles. The van der Waals surface area contributed by atoms with Gasteiger partial charge in [0.25, 0.3) is 0 Å². The molecule has 0 amide bonds. The first kappa shape index (κ1) is 18.4. The first-order valence-electron chi connectivity index (χ1n) is 6.60. The van der Waals surface area contributed by atoms with Gasteiger partial charge in [-0.15, -0.1) is 0 Å². The highest BCUT2D eigenvalue weighted by Crippen LogP contribution is 2.05. The zero-order chi connectivity index (χ0) is 14.7. The highest BCUT2D eigenvalue weighted by Gasteiger charge is 2.18. The van der Waals surface area contributed by atoms with E-state index in [1.807, 2.05) is 13.8 Å². The van der Waals surface area contributed by atoms with Crippen LogP contribution in [0.15, 0.2) is 0 Å². The van der Waals surface area contributed by atoms with Crippen molar-refractivity contribution < 1.29 is 24.1 Å². The van der Waals surface area contributed by atoms with Gasteiger partial charge in [-0.25, -0.2) is 0 Å². The molecule has 0 saturated heterocycles. The van der Waals surface area contributed by atoms with Crippen LogP contribution in [-0.2, 0) is 18.9 Å². The number of rotatable bonds is 9. The monoisotopic (exact) mass is 274 g/mol. The molecule has 0 aromatic heterocycles. The molecule has 0 saturated carbocycles. The minimum atomic E-state index is -1.22. The lowest BCUT2D eigenvalue weighted by molar-refractivity contribution is -0.151.